The van der Waals surface area contributed by atoms with Crippen molar-refractivity contribution in [3.63, 3.8) is 0 Å². The number of aromatic nitrogens is 1. The van der Waals surface area contributed by atoms with Gasteiger partial charge in [0.2, 0.25) is 0 Å². The molecule has 0 saturated heterocycles. The lowest BCUT2D eigenvalue weighted by Crippen LogP contribution is -2.21. The Labute approximate surface area is 97.5 Å². The van der Waals surface area contributed by atoms with Gasteiger partial charge in [-0.3, -0.25) is 4.98 Å². The van der Waals surface area contributed by atoms with E-state index in [-0.39, 0.29) is 0 Å². The molecule has 1 fully saturated rings. The van der Waals surface area contributed by atoms with Crippen molar-refractivity contribution in [1.82, 2.24) is 10.3 Å². The summed E-state index contributed by atoms with van der Waals surface area (Å²) >= 11 is 0. The summed E-state index contributed by atoms with van der Waals surface area (Å²) in [6.07, 6.45) is 7.48. The normalized spacial score (nSPS) is 16.1. The van der Waals surface area contributed by atoms with Gasteiger partial charge in [0.25, 0.3) is 0 Å². The monoisotopic (exact) mass is 219 g/mol. The molecule has 1 aliphatic carbocycles. The van der Waals surface area contributed by atoms with Crippen molar-refractivity contribution in [2.75, 3.05) is 6.54 Å². The van der Waals surface area contributed by atoms with Gasteiger partial charge < -0.3 is 11.1 Å². The Morgan fingerprint density at radius 2 is 2.31 bits per heavy atom. The fraction of sp³-hybridized carbons (Fsp3) is 0.615. The van der Waals surface area contributed by atoms with Crippen molar-refractivity contribution < 1.29 is 0 Å². The molecule has 0 unspecified atom stereocenters. The van der Waals surface area contributed by atoms with Gasteiger partial charge in [-0.25, -0.2) is 0 Å². The predicted octanol–water partition coefficient (Wildman–Crippen LogP) is 1.82. The molecule has 1 aromatic rings. The summed E-state index contributed by atoms with van der Waals surface area (Å²) < 4.78 is 0. The van der Waals surface area contributed by atoms with Crippen LogP contribution in [0.1, 0.15) is 36.9 Å². The van der Waals surface area contributed by atoms with Gasteiger partial charge in [0.15, 0.2) is 0 Å². The fourth-order valence-electron chi connectivity index (χ4n) is 2.07. The first-order valence-electron chi connectivity index (χ1n) is 6.23. The maximum atomic E-state index is 5.56. The van der Waals surface area contributed by atoms with E-state index in [1.54, 1.807) is 0 Å². The van der Waals surface area contributed by atoms with Crippen molar-refractivity contribution in [2.24, 2.45) is 11.7 Å². The molecule has 1 heterocycles. The molecule has 2 rings (SSSR count). The molecule has 0 bridgehead atoms. The molecular formula is C13H21N3. The standard InChI is InChI=1S/C13H21N3/c14-9-13-8-12(5-7-16-13)10-15-6-4-11-2-1-3-11/h5,7-8,11,15H,1-4,6,9-10,14H2. The van der Waals surface area contributed by atoms with Gasteiger partial charge in [-0.15, -0.1) is 0 Å². The second-order valence-corrected chi connectivity index (χ2v) is 4.62. The topological polar surface area (TPSA) is 50.9 Å². The van der Waals surface area contributed by atoms with Crippen LogP contribution < -0.4 is 11.1 Å². The molecular weight excluding hydrogens is 198 g/mol. The summed E-state index contributed by atoms with van der Waals surface area (Å²) in [6.45, 7) is 2.59. The first kappa shape index (κ1) is 11.6. The van der Waals surface area contributed by atoms with E-state index in [1.165, 1.54) is 31.2 Å². The van der Waals surface area contributed by atoms with Crippen LogP contribution in [0, 0.1) is 5.92 Å². The molecule has 3 nitrogen and oxygen atoms in total. The van der Waals surface area contributed by atoms with Crippen LogP contribution in [0.25, 0.3) is 0 Å². The highest BCUT2D eigenvalue weighted by molar-refractivity contribution is 5.15. The third kappa shape index (κ3) is 3.29. The summed E-state index contributed by atoms with van der Waals surface area (Å²) in [5.74, 6) is 0.990. The zero-order valence-corrected chi connectivity index (χ0v) is 9.78. The third-order valence-corrected chi connectivity index (χ3v) is 3.37. The van der Waals surface area contributed by atoms with E-state index in [1.807, 2.05) is 6.20 Å². The van der Waals surface area contributed by atoms with Crippen LogP contribution >= 0.6 is 0 Å². The van der Waals surface area contributed by atoms with Crippen LogP contribution in [0.15, 0.2) is 18.3 Å². The second-order valence-electron chi connectivity index (χ2n) is 4.62. The van der Waals surface area contributed by atoms with Gasteiger partial charge in [0.05, 0.1) is 5.69 Å². The number of pyridine rings is 1. The van der Waals surface area contributed by atoms with Crippen LogP contribution in [0.3, 0.4) is 0 Å². The zero-order chi connectivity index (χ0) is 11.2. The Hall–Kier alpha value is -0.930. The molecule has 3 heteroatoms. The minimum absolute atomic E-state index is 0.524. The number of nitrogens with one attached hydrogen (secondary N) is 1. The lowest BCUT2D eigenvalue weighted by Gasteiger charge is -2.25. The molecule has 1 saturated carbocycles. The Morgan fingerprint density at radius 3 is 3.00 bits per heavy atom. The molecule has 0 spiro atoms. The maximum absolute atomic E-state index is 5.56. The Bertz CT molecular complexity index is 321. The van der Waals surface area contributed by atoms with E-state index in [4.69, 9.17) is 5.73 Å². The van der Waals surface area contributed by atoms with Crippen LogP contribution in [0.5, 0.6) is 0 Å². The number of nitrogens with zero attached hydrogens (tertiary/aromatic N) is 1. The summed E-state index contributed by atoms with van der Waals surface area (Å²) in [5.41, 5.74) is 7.81. The average Bonchev–Trinajstić information content (AvgIpc) is 2.27. The Balaban J connectivity index is 1.67. The Morgan fingerprint density at radius 1 is 1.44 bits per heavy atom. The summed E-state index contributed by atoms with van der Waals surface area (Å²) in [6, 6.07) is 4.13. The number of rotatable bonds is 6. The van der Waals surface area contributed by atoms with Crippen LogP contribution in [-0.4, -0.2) is 11.5 Å². The lowest BCUT2D eigenvalue weighted by atomic mass is 9.83. The maximum Gasteiger partial charge on any atom is 0.0542 e. The van der Waals surface area contributed by atoms with Crippen molar-refractivity contribution in [1.29, 1.82) is 0 Å². The molecule has 3 N–H and O–H groups in total. The highest BCUT2D eigenvalue weighted by Crippen LogP contribution is 2.28. The third-order valence-electron chi connectivity index (χ3n) is 3.37. The van der Waals surface area contributed by atoms with Gasteiger partial charge in [-0.2, -0.15) is 0 Å². The number of nitrogens with two attached hydrogens (primary N) is 1. The molecule has 0 atom stereocenters. The van der Waals surface area contributed by atoms with E-state index < -0.39 is 0 Å². The minimum atomic E-state index is 0.524. The minimum Gasteiger partial charge on any atom is -0.325 e. The van der Waals surface area contributed by atoms with Crippen LogP contribution in [0.4, 0.5) is 0 Å². The van der Waals surface area contributed by atoms with Gasteiger partial charge in [0, 0.05) is 19.3 Å². The van der Waals surface area contributed by atoms with Crippen molar-refractivity contribution in [3.05, 3.63) is 29.6 Å². The number of hydrogen-bond donors (Lipinski definition) is 2. The fourth-order valence-corrected chi connectivity index (χ4v) is 2.07. The van der Waals surface area contributed by atoms with Crippen molar-refractivity contribution >= 4 is 0 Å². The lowest BCUT2D eigenvalue weighted by molar-refractivity contribution is 0.292. The molecule has 0 radical (unpaired) electrons. The summed E-state index contributed by atoms with van der Waals surface area (Å²) in [7, 11) is 0. The van der Waals surface area contributed by atoms with E-state index >= 15 is 0 Å². The SMILES string of the molecule is NCc1cc(CNCCC2CCC2)ccn1. The molecule has 0 amide bonds. The Kier molecular flexibility index (Phi) is 4.31. The largest absolute Gasteiger partial charge is 0.325 e. The molecule has 1 aliphatic rings. The molecule has 16 heavy (non-hydrogen) atoms. The van der Waals surface area contributed by atoms with Crippen molar-refractivity contribution in [2.45, 2.75) is 38.8 Å². The van der Waals surface area contributed by atoms with Gasteiger partial charge in [-0.1, -0.05) is 19.3 Å². The highest BCUT2D eigenvalue weighted by Gasteiger charge is 2.15. The smallest absolute Gasteiger partial charge is 0.0542 e. The van der Waals surface area contributed by atoms with Crippen LogP contribution in [-0.2, 0) is 13.1 Å². The van der Waals surface area contributed by atoms with Gasteiger partial charge >= 0.3 is 0 Å². The second kappa shape index (κ2) is 5.97. The highest BCUT2D eigenvalue weighted by atomic mass is 14.8. The van der Waals surface area contributed by atoms with Crippen molar-refractivity contribution in [3.8, 4) is 0 Å². The van der Waals surface area contributed by atoms with Gasteiger partial charge in [0.1, 0.15) is 0 Å². The van der Waals surface area contributed by atoms with E-state index in [9.17, 15) is 0 Å². The first-order chi connectivity index (χ1) is 7.88. The summed E-state index contributed by atoms with van der Waals surface area (Å²) in [5, 5.41) is 3.48. The molecule has 0 aliphatic heterocycles. The summed E-state index contributed by atoms with van der Waals surface area (Å²) in [4.78, 5) is 4.18. The zero-order valence-electron chi connectivity index (χ0n) is 9.78. The molecule has 1 aromatic heterocycles. The average molecular weight is 219 g/mol. The van der Waals surface area contributed by atoms with E-state index in [2.05, 4.69) is 22.4 Å². The predicted molar refractivity (Wildman–Crippen MR) is 65.8 cm³/mol. The van der Waals surface area contributed by atoms with E-state index in [0.29, 0.717) is 6.54 Å². The number of hydrogen-bond acceptors (Lipinski definition) is 3. The molecule has 0 aromatic carbocycles. The quantitative estimate of drug-likeness (QED) is 0.718. The van der Waals surface area contributed by atoms with E-state index in [0.717, 1.165) is 24.7 Å². The first-order valence-corrected chi connectivity index (χ1v) is 6.23. The van der Waals surface area contributed by atoms with Crippen LogP contribution in [0.2, 0.25) is 0 Å². The van der Waals surface area contributed by atoms with Gasteiger partial charge in [-0.05, 0) is 36.6 Å². The molecule has 88 valence electrons.